The summed E-state index contributed by atoms with van der Waals surface area (Å²) in [6, 6.07) is 4.87. The van der Waals surface area contributed by atoms with Crippen LogP contribution in [0.2, 0.25) is 0 Å². The molecule has 4 nitrogen and oxygen atoms in total. The molecule has 1 heterocycles. The van der Waals surface area contributed by atoms with E-state index in [1.807, 2.05) is 11.6 Å². The molecule has 0 aliphatic rings. The lowest BCUT2D eigenvalue weighted by Gasteiger charge is -2.17. The highest BCUT2D eigenvalue weighted by Crippen LogP contribution is 2.28. The molecule has 1 aromatic heterocycles. The van der Waals surface area contributed by atoms with Gasteiger partial charge >= 0.3 is 0 Å². The first-order chi connectivity index (χ1) is 9.97. The van der Waals surface area contributed by atoms with Gasteiger partial charge in [0, 0.05) is 29.6 Å². The van der Waals surface area contributed by atoms with Gasteiger partial charge in [0.25, 0.3) is 0 Å². The van der Waals surface area contributed by atoms with E-state index in [0.29, 0.717) is 0 Å². The quantitative estimate of drug-likeness (QED) is 0.909. The molecule has 5 heteroatoms. The number of benzene rings is 1. The molecule has 114 valence electrons. The van der Waals surface area contributed by atoms with Gasteiger partial charge in [-0.05, 0) is 39.8 Å². The van der Waals surface area contributed by atoms with E-state index in [0.717, 1.165) is 23.6 Å². The maximum atomic E-state index is 13.4. The molecule has 0 spiro atoms. The zero-order chi connectivity index (χ0) is 15.6. The second-order valence-corrected chi connectivity index (χ2v) is 5.12. The fourth-order valence-corrected chi connectivity index (χ4v) is 2.72. The van der Waals surface area contributed by atoms with Gasteiger partial charge in [0.2, 0.25) is 0 Å². The van der Waals surface area contributed by atoms with E-state index in [9.17, 15) is 4.39 Å². The summed E-state index contributed by atoms with van der Waals surface area (Å²) < 4.78 is 20.4. The van der Waals surface area contributed by atoms with E-state index >= 15 is 0 Å². The van der Waals surface area contributed by atoms with E-state index in [1.54, 1.807) is 12.1 Å². The van der Waals surface area contributed by atoms with Crippen LogP contribution in [-0.2, 0) is 6.54 Å². The predicted molar refractivity (Wildman–Crippen MR) is 82.4 cm³/mol. The second-order valence-electron chi connectivity index (χ2n) is 5.12. The smallest absolute Gasteiger partial charge is 0.165 e. The first-order valence-corrected chi connectivity index (χ1v) is 7.11. The van der Waals surface area contributed by atoms with Crippen molar-refractivity contribution in [1.29, 1.82) is 0 Å². The first kappa shape index (κ1) is 15.4. The largest absolute Gasteiger partial charge is 0.494 e. The third-order valence-corrected chi connectivity index (χ3v) is 3.70. The molecule has 2 aromatic rings. The Morgan fingerprint density at radius 1 is 1.38 bits per heavy atom. The minimum atomic E-state index is -0.359. The number of halogens is 1. The van der Waals surface area contributed by atoms with E-state index in [4.69, 9.17) is 4.74 Å². The Kier molecular flexibility index (Phi) is 4.50. The molecular weight excluding hydrogens is 269 g/mol. The van der Waals surface area contributed by atoms with Crippen molar-refractivity contribution in [1.82, 2.24) is 9.78 Å². The minimum Gasteiger partial charge on any atom is -0.494 e. The third-order valence-electron chi connectivity index (χ3n) is 3.70. The zero-order valence-electron chi connectivity index (χ0n) is 13.2. The van der Waals surface area contributed by atoms with Crippen LogP contribution in [-0.4, -0.2) is 16.9 Å². The fourth-order valence-electron chi connectivity index (χ4n) is 2.72. The average Bonchev–Trinajstić information content (AvgIpc) is 2.75. The lowest BCUT2D eigenvalue weighted by molar-refractivity contribution is 0.387. The van der Waals surface area contributed by atoms with Gasteiger partial charge in [0.05, 0.1) is 18.8 Å². The number of anilines is 1. The predicted octanol–water partition coefficient (Wildman–Crippen LogP) is 3.84. The van der Waals surface area contributed by atoms with E-state index in [2.05, 4.69) is 31.2 Å². The molecule has 0 aliphatic carbocycles. The highest BCUT2D eigenvalue weighted by Gasteiger charge is 2.17. The summed E-state index contributed by atoms with van der Waals surface area (Å²) in [4.78, 5) is 0. The van der Waals surface area contributed by atoms with E-state index in [1.165, 1.54) is 18.7 Å². The molecule has 0 bridgehead atoms. The summed E-state index contributed by atoms with van der Waals surface area (Å²) in [6.07, 6.45) is 0. The fraction of sp³-hybridized carbons (Fsp3) is 0.438. The molecule has 1 unspecified atom stereocenters. The highest BCUT2D eigenvalue weighted by atomic mass is 19.1. The topological polar surface area (TPSA) is 39.1 Å². The monoisotopic (exact) mass is 291 g/mol. The zero-order valence-corrected chi connectivity index (χ0v) is 13.2. The van der Waals surface area contributed by atoms with Gasteiger partial charge in [-0.1, -0.05) is 0 Å². The Hall–Kier alpha value is -2.04. The number of ether oxygens (including phenoxy) is 1. The molecule has 1 atom stereocenters. The van der Waals surface area contributed by atoms with E-state index < -0.39 is 0 Å². The van der Waals surface area contributed by atoms with Gasteiger partial charge in [-0.2, -0.15) is 5.10 Å². The molecule has 0 radical (unpaired) electrons. The maximum absolute atomic E-state index is 13.4. The number of nitrogens with zero attached hydrogens (tertiary/aromatic N) is 2. The standard InChI is InChI=1S/C16H22FN3O/c1-6-20-12(4)16(11(3)19-20)10(2)18-13-7-8-14(17)15(9-13)21-5/h7-10,18H,6H2,1-5H3. The summed E-state index contributed by atoms with van der Waals surface area (Å²) in [5.41, 5.74) is 4.18. The summed E-state index contributed by atoms with van der Waals surface area (Å²) in [7, 11) is 1.46. The van der Waals surface area contributed by atoms with Crippen LogP contribution in [0.15, 0.2) is 18.2 Å². The summed E-state index contributed by atoms with van der Waals surface area (Å²) >= 11 is 0. The minimum absolute atomic E-state index is 0.0838. The highest BCUT2D eigenvalue weighted by molar-refractivity contribution is 5.51. The molecule has 1 aromatic carbocycles. The SMILES string of the molecule is CCn1nc(C)c(C(C)Nc2ccc(F)c(OC)c2)c1C. The Balaban J connectivity index is 2.26. The molecule has 21 heavy (non-hydrogen) atoms. The second kappa shape index (κ2) is 6.16. The average molecular weight is 291 g/mol. The van der Waals surface area contributed by atoms with Crippen molar-refractivity contribution >= 4 is 5.69 Å². The molecule has 1 N–H and O–H groups in total. The van der Waals surface area contributed by atoms with Crippen molar-refractivity contribution in [2.45, 2.75) is 40.3 Å². The van der Waals surface area contributed by atoms with Crippen LogP contribution in [0.4, 0.5) is 10.1 Å². The molecule has 0 fully saturated rings. The Labute approximate surface area is 124 Å². The Morgan fingerprint density at radius 2 is 2.10 bits per heavy atom. The lowest BCUT2D eigenvalue weighted by atomic mass is 10.1. The van der Waals surface area contributed by atoms with Gasteiger partial charge in [0.1, 0.15) is 0 Å². The van der Waals surface area contributed by atoms with Crippen LogP contribution in [0.3, 0.4) is 0 Å². The van der Waals surface area contributed by atoms with Crippen LogP contribution in [0.1, 0.15) is 36.8 Å². The van der Waals surface area contributed by atoms with Crippen molar-refractivity contribution < 1.29 is 9.13 Å². The summed E-state index contributed by atoms with van der Waals surface area (Å²) in [6.45, 7) is 9.09. The number of rotatable bonds is 5. The number of aryl methyl sites for hydroxylation is 2. The number of hydrogen-bond acceptors (Lipinski definition) is 3. The molecule has 0 saturated heterocycles. The van der Waals surface area contributed by atoms with Crippen molar-refractivity contribution in [3.8, 4) is 5.75 Å². The molecule has 0 aliphatic heterocycles. The van der Waals surface area contributed by atoms with Crippen molar-refractivity contribution in [3.05, 3.63) is 41.0 Å². The van der Waals surface area contributed by atoms with Crippen molar-refractivity contribution in [2.24, 2.45) is 0 Å². The van der Waals surface area contributed by atoms with Crippen molar-refractivity contribution in [2.75, 3.05) is 12.4 Å². The summed E-state index contributed by atoms with van der Waals surface area (Å²) in [5.74, 6) is -0.119. The normalized spacial score (nSPS) is 12.3. The van der Waals surface area contributed by atoms with Gasteiger partial charge in [-0.3, -0.25) is 4.68 Å². The number of hydrogen-bond donors (Lipinski definition) is 1. The summed E-state index contributed by atoms with van der Waals surface area (Å²) in [5, 5.41) is 7.91. The molecule has 0 amide bonds. The maximum Gasteiger partial charge on any atom is 0.165 e. The van der Waals surface area contributed by atoms with Crippen LogP contribution in [0.5, 0.6) is 5.75 Å². The van der Waals surface area contributed by atoms with Crippen molar-refractivity contribution in [3.63, 3.8) is 0 Å². The molecular formula is C16H22FN3O. The van der Waals surface area contributed by atoms with Gasteiger partial charge in [0.15, 0.2) is 11.6 Å². The van der Waals surface area contributed by atoms with Gasteiger partial charge in [-0.15, -0.1) is 0 Å². The lowest BCUT2D eigenvalue weighted by Crippen LogP contribution is -2.09. The number of methoxy groups -OCH3 is 1. The van der Waals surface area contributed by atoms with Crippen LogP contribution < -0.4 is 10.1 Å². The molecule has 0 saturated carbocycles. The van der Waals surface area contributed by atoms with Crippen LogP contribution >= 0.6 is 0 Å². The van der Waals surface area contributed by atoms with Crippen LogP contribution in [0, 0.1) is 19.7 Å². The Bertz CT molecular complexity index is 637. The first-order valence-electron chi connectivity index (χ1n) is 7.11. The third kappa shape index (κ3) is 3.01. The van der Waals surface area contributed by atoms with Gasteiger partial charge in [-0.25, -0.2) is 4.39 Å². The van der Waals surface area contributed by atoms with Crippen LogP contribution in [0.25, 0.3) is 0 Å². The van der Waals surface area contributed by atoms with Gasteiger partial charge < -0.3 is 10.1 Å². The number of nitrogens with one attached hydrogen (secondary N) is 1. The molecule has 2 rings (SSSR count). The number of aromatic nitrogens is 2. The Morgan fingerprint density at radius 3 is 2.67 bits per heavy atom. The van der Waals surface area contributed by atoms with E-state index in [-0.39, 0.29) is 17.6 Å².